The molecule has 0 fully saturated rings. The standard InChI is InChI=1S/C24H18ClN3O/c1-15-7-13-19(14-8-15)28-23(17-5-3-2-4-6-17)20-21(26-27-22(20)24(28)29)16-9-11-18(25)12-10-16/h2-14,23H,1H3,(H,26,27)/t23-/m0/s1. The van der Waals surface area contributed by atoms with E-state index in [0.717, 1.165) is 33.6 Å². The minimum atomic E-state index is -0.258. The van der Waals surface area contributed by atoms with E-state index in [-0.39, 0.29) is 11.9 Å². The van der Waals surface area contributed by atoms with Gasteiger partial charge in [0.1, 0.15) is 5.69 Å². The molecule has 29 heavy (non-hydrogen) atoms. The predicted molar refractivity (Wildman–Crippen MR) is 115 cm³/mol. The summed E-state index contributed by atoms with van der Waals surface area (Å²) in [5, 5.41) is 8.14. The molecule has 1 aliphatic rings. The Labute approximate surface area is 173 Å². The second kappa shape index (κ2) is 6.90. The van der Waals surface area contributed by atoms with Crippen molar-refractivity contribution in [3.8, 4) is 11.3 Å². The lowest BCUT2D eigenvalue weighted by Gasteiger charge is -2.26. The highest BCUT2D eigenvalue weighted by molar-refractivity contribution is 6.30. The van der Waals surface area contributed by atoms with Crippen molar-refractivity contribution in [1.29, 1.82) is 0 Å². The lowest BCUT2D eigenvalue weighted by Crippen LogP contribution is -2.29. The van der Waals surface area contributed by atoms with Gasteiger partial charge in [0.15, 0.2) is 0 Å². The summed E-state index contributed by atoms with van der Waals surface area (Å²) in [6, 6.07) is 25.4. The van der Waals surface area contributed by atoms with E-state index < -0.39 is 0 Å². The number of aryl methyl sites for hydroxylation is 1. The lowest BCUT2D eigenvalue weighted by atomic mass is 9.96. The van der Waals surface area contributed by atoms with Crippen molar-refractivity contribution in [2.45, 2.75) is 13.0 Å². The fourth-order valence-electron chi connectivity index (χ4n) is 3.90. The van der Waals surface area contributed by atoms with Crippen molar-refractivity contribution >= 4 is 23.2 Å². The van der Waals surface area contributed by atoms with E-state index in [1.807, 2.05) is 90.7 Å². The molecule has 2 heterocycles. The molecule has 1 aromatic heterocycles. The first kappa shape index (κ1) is 17.7. The Kier molecular flexibility index (Phi) is 4.22. The number of nitrogens with one attached hydrogen (secondary N) is 1. The van der Waals surface area contributed by atoms with Crippen molar-refractivity contribution in [1.82, 2.24) is 10.2 Å². The SMILES string of the molecule is Cc1ccc(N2C(=O)c3[nH]nc(-c4ccc(Cl)cc4)c3[C@@H]2c2ccccc2)cc1. The number of carbonyl (C=O) groups is 1. The number of hydrogen-bond acceptors (Lipinski definition) is 2. The van der Waals surface area contributed by atoms with Crippen molar-refractivity contribution in [3.05, 3.63) is 106 Å². The van der Waals surface area contributed by atoms with Crippen LogP contribution in [0.1, 0.15) is 33.2 Å². The highest BCUT2D eigenvalue weighted by Crippen LogP contribution is 2.45. The van der Waals surface area contributed by atoms with Gasteiger partial charge >= 0.3 is 0 Å². The molecule has 5 heteroatoms. The highest BCUT2D eigenvalue weighted by Gasteiger charge is 2.42. The van der Waals surface area contributed by atoms with E-state index >= 15 is 0 Å². The number of halogens is 1. The zero-order chi connectivity index (χ0) is 20.0. The van der Waals surface area contributed by atoms with E-state index in [2.05, 4.69) is 10.2 Å². The van der Waals surface area contributed by atoms with Crippen LogP contribution in [0.5, 0.6) is 0 Å². The normalized spacial score (nSPS) is 15.6. The van der Waals surface area contributed by atoms with Gasteiger partial charge in [0.2, 0.25) is 0 Å². The zero-order valence-corrected chi connectivity index (χ0v) is 16.5. The summed E-state index contributed by atoms with van der Waals surface area (Å²) in [6.45, 7) is 2.04. The molecule has 0 aliphatic carbocycles. The number of rotatable bonds is 3. The molecule has 0 radical (unpaired) electrons. The molecule has 5 rings (SSSR count). The number of amides is 1. The Morgan fingerprint density at radius 1 is 0.931 bits per heavy atom. The van der Waals surface area contributed by atoms with Crippen LogP contribution in [-0.2, 0) is 0 Å². The minimum Gasteiger partial charge on any atom is -0.295 e. The molecule has 1 atom stereocenters. The average Bonchev–Trinajstić information content (AvgIpc) is 3.29. The van der Waals surface area contributed by atoms with Crippen LogP contribution in [0.2, 0.25) is 5.02 Å². The van der Waals surface area contributed by atoms with Crippen LogP contribution in [0.25, 0.3) is 11.3 Å². The fourth-order valence-corrected chi connectivity index (χ4v) is 4.02. The van der Waals surface area contributed by atoms with E-state index in [1.165, 1.54) is 0 Å². The molecule has 1 N–H and O–H groups in total. The Bertz CT molecular complexity index is 1180. The van der Waals surface area contributed by atoms with Crippen molar-refractivity contribution in [2.24, 2.45) is 0 Å². The van der Waals surface area contributed by atoms with Crippen LogP contribution in [0.15, 0.2) is 78.9 Å². The number of aromatic nitrogens is 2. The maximum atomic E-state index is 13.4. The largest absolute Gasteiger partial charge is 0.295 e. The van der Waals surface area contributed by atoms with Gasteiger partial charge in [-0.2, -0.15) is 5.10 Å². The monoisotopic (exact) mass is 399 g/mol. The summed E-state index contributed by atoms with van der Waals surface area (Å²) in [6.07, 6.45) is 0. The van der Waals surface area contributed by atoms with E-state index in [1.54, 1.807) is 0 Å². The van der Waals surface area contributed by atoms with Crippen molar-refractivity contribution in [2.75, 3.05) is 4.90 Å². The highest BCUT2D eigenvalue weighted by atomic mass is 35.5. The molecular formula is C24H18ClN3O. The molecule has 4 nitrogen and oxygen atoms in total. The predicted octanol–water partition coefficient (Wildman–Crippen LogP) is 5.79. The van der Waals surface area contributed by atoms with Gasteiger partial charge in [-0.3, -0.25) is 14.8 Å². The summed E-state index contributed by atoms with van der Waals surface area (Å²) >= 11 is 6.06. The number of carbonyl (C=O) groups excluding carboxylic acids is 1. The summed E-state index contributed by atoms with van der Waals surface area (Å²) in [4.78, 5) is 15.2. The average molecular weight is 400 g/mol. The third kappa shape index (κ3) is 2.93. The summed E-state index contributed by atoms with van der Waals surface area (Å²) in [7, 11) is 0. The Morgan fingerprint density at radius 3 is 2.31 bits per heavy atom. The van der Waals surface area contributed by atoms with Gasteiger partial charge in [0.05, 0.1) is 11.7 Å². The van der Waals surface area contributed by atoms with Crippen LogP contribution < -0.4 is 4.90 Å². The van der Waals surface area contributed by atoms with Gasteiger partial charge in [-0.1, -0.05) is 71.8 Å². The molecular weight excluding hydrogens is 382 g/mol. The van der Waals surface area contributed by atoms with Crippen LogP contribution in [0.4, 0.5) is 5.69 Å². The number of hydrogen-bond donors (Lipinski definition) is 1. The Hall–Kier alpha value is -3.37. The van der Waals surface area contributed by atoms with E-state index in [9.17, 15) is 4.79 Å². The van der Waals surface area contributed by atoms with Gasteiger partial charge in [0.25, 0.3) is 5.91 Å². The molecule has 0 unspecified atom stereocenters. The third-order valence-corrected chi connectivity index (χ3v) is 5.57. The maximum Gasteiger partial charge on any atom is 0.277 e. The second-order valence-corrected chi connectivity index (χ2v) is 7.63. The first-order valence-electron chi connectivity index (χ1n) is 9.43. The van der Waals surface area contributed by atoms with Gasteiger partial charge < -0.3 is 0 Å². The number of nitrogens with zero attached hydrogens (tertiary/aromatic N) is 2. The van der Waals surface area contributed by atoms with Crippen LogP contribution in [0.3, 0.4) is 0 Å². The molecule has 0 spiro atoms. The number of anilines is 1. The minimum absolute atomic E-state index is 0.0783. The van der Waals surface area contributed by atoms with E-state index in [0.29, 0.717) is 10.7 Å². The number of H-pyrrole nitrogens is 1. The van der Waals surface area contributed by atoms with Gasteiger partial charge in [0, 0.05) is 21.8 Å². The molecule has 0 saturated carbocycles. The molecule has 1 amide bonds. The molecule has 1 aliphatic heterocycles. The molecule has 3 aromatic carbocycles. The molecule has 0 bridgehead atoms. The number of aromatic amines is 1. The van der Waals surface area contributed by atoms with Crippen LogP contribution in [0, 0.1) is 6.92 Å². The Balaban J connectivity index is 1.71. The Morgan fingerprint density at radius 2 is 1.62 bits per heavy atom. The number of fused-ring (bicyclic) bond motifs is 1. The van der Waals surface area contributed by atoms with Crippen LogP contribution in [-0.4, -0.2) is 16.1 Å². The quantitative estimate of drug-likeness (QED) is 0.474. The van der Waals surface area contributed by atoms with E-state index in [4.69, 9.17) is 11.6 Å². The maximum absolute atomic E-state index is 13.4. The smallest absolute Gasteiger partial charge is 0.277 e. The zero-order valence-electron chi connectivity index (χ0n) is 15.8. The summed E-state index contributed by atoms with van der Waals surface area (Å²) < 4.78 is 0. The van der Waals surface area contributed by atoms with Crippen molar-refractivity contribution < 1.29 is 4.79 Å². The van der Waals surface area contributed by atoms with Crippen LogP contribution >= 0.6 is 11.6 Å². The third-order valence-electron chi connectivity index (χ3n) is 5.31. The summed E-state index contributed by atoms with van der Waals surface area (Å²) in [5.74, 6) is -0.0783. The molecule has 0 saturated heterocycles. The molecule has 142 valence electrons. The fraction of sp³-hybridized carbons (Fsp3) is 0.0833. The second-order valence-electron chi connectivity index (χ2n) is 7.19. The first-order chi connectivity index (χ1) is 14.1. The van der Waals surface area contributed by atoms with Crippen molar-refractivity contribution in [3.63, 3.8) is 0 Å². The van der Waals surface area contributed by atoms with Gasteiger partial charge in [-0.15, -0.1) is 0 Å². The lowest BCUT2D eigenvalue weighted by molar-refractivity contribution is 0.0989. The summed E-state index contributed by atoms with van der Waals surface area (Å²) in [5.41, 5.74) is 6.17. The number of benzene rings is 3. The molecule has 4 aromatic rings. The van der Waals surface area contributed by atoms with Gasteiger partial charge in [-0.25, -0.2) is 0 Å². The topological polar surface area (TPSA) is 49.0 Å². The van der Waals surface area contributed by atoms with Gasteiger partial charge in [-0.05, 0) is 36.8 Å². The first-order valence-corrected chi connectivity index (χ1v) is 9.80.